The van der Waals surface area contributed by atoms with E-state index in [1.807, 2.05) is 0 Å². The average Bonchev–Trinajstić information content (AvgIpc) is 2.84. The van der Waals surface area contributed by atoms with Crippen LogP contribution in [-0.2, 0) is 10.9 Å². The lowest BCUT2D eigenvalue weighted by atomic mass is 10.1. The molecule has 1 aliphatic heterocycles. The Kier molecular flexibility index (Phi) is 4.32. The van der Waals surface area contributed by atoms with Gasteiger partial charge < -0.3 is 10.1 Å². The van der Waals surface area contributed by atoms with Crippen molar-refractivity contribution in [3.63, 3.8) is 0 Å². The monoisotopic (exact) mass is 291 g/mol. The van der Waals surface area contributed by atoms with Crippen molar-refractivity contribution in [2.24, 2.45) is 0 Å². The number of alkyl halides is 3. The van der Waals surface area contributed by atoms with Gasteiger partial charge in [-0.25, -0.2) is 4.79 Å². The smallest absolute Gasteiger partial charge is 0.433 e. The molecular weight excluding hydrogens is 275 g/mol. The second-order valence-electron chi connectivity index (χ2n) is 4.57. The van der Waals surface area contributed by atoms with Gasteiger partial charge in [-0.2, -0.15) is 18.3 Å². The van der Waals surface area contributed by atoms with E-state index in [-0.39, 0.29) is 6.61 Å². The summed E-state index contributed by atoms with van der Waals surface area (Å²) in [4.78, 5) is 11.6. The molecule has 2 heterocycles. The molecule has 1 aromatic rings. The number of hydrogen-bond acceptors (Lipinski definition) is 4. The molecule has 0 aromatic carbocycles. The molecule has 1 N–H and O–H groups in total. The van der Waals surface area contributed by atoms with Gasteiger partial charge in [0.15, 0.2) is 5.69 Å². The molecule has 1 unspecified atom stereocenters. The highest BCUT2D eigenvalue weighted by Gasteiger charge is 2.42. The number of rotatable bonds is 3. The number of ether oxygens (including phenoxy) is 1. The summed E-state index contributed by atoms with van der Waals surface area (Å²) in [6, 6.07) is -0.399. The normalized spacial score (nSPS) is 19.9. The third-order valence-electron chi connectivity index (χ3n) is 3.18. The summed E-state index contributed by atoms with van der Waals surface area (Å²) in [5.74, 6) is -0.991. The summed E-state index contributed by atoms with van der Waals surface area (Å²) in [6.07, 6.45) is -2.33. The zero-order chi connectivity index (χ0) is 14.8. The summed E-state index contributed by atoms with van der Waals surface area (Å²) in [7, 11) is 0. The number of carbonyl (C=O) groups excluding carboxylic acids is 1. The summed E-state index contributed by atoms with van der Waals surface area (Å²) in [5, 5.41) is 6.80. The fourth-order valence-electron chi connectivity index (χ4n) is 2.32. The number of carbonyl (C=O) groups is 1. The maximum absolute atomic E-state index is 13.2. The van der Waals surface area contributed by atoms with Gasteiger partial charge in [-0.15, -0.1) is 0 Å². The van der Waals surface area contributed by atoms with Gasteiger partial charge in [0.25, 0.3) is 0 Å². The van der Waals surface area contributed by atoms with Crippen molar-refractivity contribution in [3.05, 3.63) is 17.5 Å². The van der Waals surface area contributed by atoms with Crippen LogP contribution < -0.4 is 5.32 Å². The molecule has 1 aliphatic rings. The van der Waals surface area contributed by atoms with Crippen molar-refractivity contribution in [2.45, 2.75) is 32.0 Å². The Morgan fingerprint density at radius 2 is 2.35 bits per heavy atom. The van der Waals surface area contributed by atoms with Crippen molar-refractivity contribution < 1.29 is 22.7 Å². The Bertz CT molecular complexity index is 479. The van der Waals surface area contributed by atoms with E-state index in [9.17, 15) is 18.0 Å². The standard InChI is InChI=1S/C12H16F3N3O2/c1-2-20-11(19)9-7-17-18(10(9)12(13,14)15)8-4-3-5-16-6-8/h7-8,16H,2-6H2,1H3. The first kappa shape index (κ1) is 14.8. The van der Waals surface area contributed by atoms with Crippen molar-refractivity contribution in [3.8, 4) is 0 Å². The Hall–Kier alpha value is -1.57. The molecule has 0 saturated carbocycles. The van der Waals surface area contributed by atoms with Crippen LogP contribution in [0.25, 0.3) is 0 Å². The van der Waals surface area contributed by atoms with E-state index in [0.717, 1.165) is 23.8 Å². The average molecular weight is 291 g/mol. The summed E-state index contributed by atoms with van der Waals surface area (Å²) >= 11 is 0. The molecule has 0 aliphatic carbocycles. The maximum Gasteiger partial charge on any atom is 0.433 e. The fourth-order valence-corrected chi connectivity index (χ4v) is 2.32. The molecule has 0 bridgehead atoms. The second-order valence-corrected chi connectivity index (χ2v) is 4.57. The lowest BCUT2D eigenvalue weighted by Gasteiger charge is -2.25. The first-order valence-corrected chi connectivity index (χ1v) is 6.47. The Labute approximate surface area is 114 Å². The zero-order valence-electron chi connectivity index (χ0n) is 11.0. The van der Waals surface area contributed by atoms with E-state index in [1.165, 1.54) is 0 Å². The van der Waals surface area contributed by atoms with Crippen LogP contribution in [0.4, 0.5) is 13.2 Å². The highest BCUT2D eigenvalue weighted by atomic mass is 19.4. The third-order valence-corrected chi connectivity index (χ3v) is 3.18. The van der Waals surface area contributed by atoms with Crippen LogP contribution >= 0.6 is 0 Å². The predicted octanol–water partition coefficient (Wildman–Crippen LogP) is 2.00. The number of piperidine rings is 1. The number of esters is 1. The van der Waals surface area contributed by atoms with Crippen LogP contribution in [0.1, 0.15) is 41.9 Å². The van der Waals surface area contributed by atoms with E-state index in [2.05, 4.69) is 15.2 Å². The lowest BCUT2D eigenvalue weighted by molar-refractivity contribution is -0.145. The second kappa shape index (κ2) is 5.82. The predicted molar refractivity (Wildman–Crippen MR) is 64.3 cm³/mol. The highest BCUT2D eigenvalue weighted by Crippen LogP contribution is 2.35. The van der Waals surface area contributed by atoms with Crippen molar-refractivity contribution in [1.82, 2.24) is 15.1 Å². The van der Waals surface area contributed by atoms with Gasteiger partial charge in [0.2, 0.25) is 0 Å². The lowest BCUT2D eigenvalue weighted by Crippen LogP contribution is -2.34. The van der Waals surface area contributed by atoms with E-state index in [0.29, 0.717) is 13.0 Å². The van der Waals surface area contributed by atoms with Crippen molar-refractivity contribution in [2.75, 3.05) is 19.7 Å². The van der Waals surface area contributed by atoms with Gasteiger partial charge in [0.05, 0.1) is 18.8 Å². The van der Waals surface area contributed by atoms with Gasteiger partial charge in [-0.1, -0.05) is 0 Å². The molecular formula is C12H16F3N3O2. The quantitative estimate of drug-likeness (QED) is 0.865. The molecule has 20 heavy (non-hydrogen) atoms. The maximum atomic E-state index is 13.2. The van der Waals surface area contributed by atoms with Crippen LogP contribution in [0.15, 0.2) is 6.20 Å². The van der Waals surface area contributed by atoms with Crippen LogP contribution in [0.3, 0.4) is 0 Å². The van der Waals surface area contributed by atoms with Gasteiger partial charge in [-0.05, 0) is 26.3 Å². The number of nitrogens with zero attached hydrogens (tertiary/aromatic N) is 2. The zero-order valence-corrected chi connectivity index (χ0v) is 11.0. The highest BCUT2D eigenvalue weighted by molar-refractivity contribution is 5.90. The van der Waals surface area contributed by atoms with E-state index in [4.69, 9.17) is 0 Å². The minimum Gasteiger partial charge on any atom is -0.462 e. The Balaban J connectivity index is 2.39. The number of aromatic nitrogens is 2. The summed E-state index contributed by atoms with van der Waals surface area (Å²) in [6.45, 7) is 2.75. The van der Waals surface area contributed by atoms with E-state index >= 15 is 0 Å². The van der Waals surface area contributed by atoms with Crippen LogP contribution in [0, 0.1) is 0 Å². The van der Waals surface area contributed by atoms with Crippen molar-refractivity contribution >= 4 is 5.97 Å². The van der Waals surface area contributed by atoms with Gasteiger partial charge in [0.1, 0.15) is 5.56 Å². The molecule has 1 saturated heterocycles. The third kappa shape index (κ3) is 2.95. The molecule has 1 fully saturated rings. The minimum atomic E-state index is -4.64. The molecule has 0 radical (unpaired) electrons. The van der Waals surface area contributed by atoms with E-state index in [1.54, 1.807) is 6.92 Å². The Morgan fingerprint density at radius 3 is 2.90 bits per heavy atom. The van der Waals surface area contributed by atoms with Crippen molar-refractivity contribution in [1.29, 1.82) is 0 Å². The summed E-state index contributed by atoms with van der Waals surface area (Å²) in [5.41, 5.74) is -1.55. The first-order chi connectivity index (χ1) is 9.45. The molecule has 1 aromatic heterocycles. The number of nitrogens with one attached hydrogen (secondary N) is 1. The molecule has 112 valence electrons. The largest absolute Gasteiger partial charge is 0.462 e. The molecule has 0 spiro atoms. The molecule has 0 amide bonds. The fraction of sp³-hybridized carbons (Fsp3) is 0.667. The minimum absolute atomic E-state index is 0.0201. The van der Waals surface area contributed by atoms with Crippen LogP contribution in [0.2, 0.25) is 0 Å². The summed E-state index contributed by atoms with van der Waals surface area (Å²) < 4.78 is 45.2. The molecule has 1 atom stereocenters. The number of hydrogen-bond donors (Lipinski definition) is 1. The Morgan fingerprint density at radius 1 is 1.60 bits per heavy atom. The van der Waals surface area contributed by atoms with Gasteiger partial charge >= 0.3 is 12.1 Å². The van der Waals surface area contributed by atoms with Crippen LogP contribution in [0.5, 0.6) is 0 Å². The van der Waals surface area contributed by atoms with Gasteiger partial charge in [0, 0.05) is 6.54 Å². The number of halogens is 3. The van der Waals surface area contributed by atoms with Crippen LogP contribution in [-0.4, -0.2) is 35.4 Å². The molecule has 2 rings (SSSR count). The van der Waals surface area contributed by atoms with E-state index < -0.39 is 29.4 Å². The molecule has 8 heteroatoms. The first-order valence-electron chi connectivity index (χ1n) is 6.47. The molecule has 5 nitrogen and oxygen atoms in total. The SMILES string of the molecule is CCOC(=O)c1cnn(C2CCCNC2)c1C(F)(F)F. The van der Waals surface area contributed by atoms with Gasteiger partial charge in [-0.3, -0.25) is 4.68 Å². The topological polar surface area (TPSA) is 56.1 Å².